The van der Waals surface area contributed by atoms with E-state index in [4.69, 9.17) is 16.4 Å². The molecule has 0 spiro atoms. The summed E-state index contributed by atoms with van der Waals surface area (Å²) in [5, 5.41) is 7.35. The van der Waals surface area contributed by atoms with Crippen molar-refractivity contribution >= 4 is 29.1 Å². The first-order chi connectivity index (χ1) is 14.7. The van der Waals surface area contributed by atoms with E-state index in [0.29, 0.717) is 16.6 Å². The van der Waals surface area contributed by atoms with Gasteiger partial charge in [0.1, 0.15) is 0 Å². The number of hydrogen-bond acceptors (Lipinski definition) is 3. The van der Waals surface area contributed by atoms with Gasteiger partial charge in [0, 0.05) is 5.92 Å². The highest BCUT2D eigenvalue weighted by Gasteiger charge is 2.21. The third-order valence-corrected chi connectivity index (χ3v) is 6.30. The number of para-hydroxylation sites is 1. The molecule has 0 radical (unpaired) electrons. The summed E-state index contributed by atoms with van der Waals surface area (Å²) < 4.78 is 0. The molecule has 0 unspecified atom stereocenters. The number of oxime groups is 1. The van der Waals surface area contributed by atoms with Crippen LogP contribution in [0.1, 0.15) is 103 Å². The second-order valence-corrected chi connectivity index (χ2v) is 8.89. The number of carbonyl (C=O) groups excluding carboxylic acids is 1. The van der Waals surface area contributed by atoms with Gasteiger partial charge in [-0.15, -0.1) is 0 Å². The van der Waals surface area contributed by atoms with Gasteiger partial charge in [-0.05, 0) is 37.8 Å². The number of nitrogens with one attached hydrogen (secondary N) is 1. The van der Waals surface area contributed by atoms with Crippen molar-refractivity contribution in [2.45, 2.75) is 103 Å². The standard InChI is InChI=1S/C25H39ClN2O2/c1-2-3-4-5-6-7-8-9-10-11-16-21-17-12-14-19-23(21)28-30-25(29)27-24-20-15-13-18-22(24)26/h13,15,18,20-21H,2-12,14,16-17,19H2,1H3,(H,27,29)/b28-23+/t21-/m1/s1. The molecule has 1 fully saturated rings. The number of unbranched alkanes of at least 4 members (excludes halogenated alkanes) is 9. The molecule has 168 valence electrons. The molecule has 5 heteroatoms. The van der Waals surface area contributed by atoms with E-state index in [-0.39, 0.29) is 0 Å². The van der Waals surface area contributed by atoms with E-state index < -0.39 is 6.09 Å². The lowest BCUT2D eigenvalue weighted by atomic mass is 9.84. The fraction of sp³-hybridized carbons (Fsp3) is 0.680. The Bertz CT molecular complexity index is 648. The minimum Gasteiger partial charge on any atom is -0.298 e. The molecule has 1 aromatic rings. The largest absolute Gasteiger partial charge is 0.437 e. The van der Waals surface area contributed by atoms with Crippen molar-refractivity contribution in [3.63, 3.8) is 0 Å². The van der Waals surface area contributed by atoms with Crippen LogP contribution < -0.4 is 5.32 Å². The van der Waals surface area contributed by atoms with Gasteiger partial charge in [0.25, 0.3) is 0 Å². The van der Waals surface area contributed by atoms with Crippen LogP contribution in [0.5, 0.6) is 0 Å². The van der Waals surface area contributed by atoms with E-state index in [9.17, 15) is 4.79 Å². The number of carbonyl (C=O) groups is 1. The van der Waals surface area contributed by atoms with Crippen LogP contribution in [0.3, 0.4) is 0 Å². The molecule has 1 aliphatic rings. The number of nitrogens with zero attached hydrogens (tertiary/aromatic N) is 1. The van der Waals surface area contributed by atoms with Crippen molar-refractivity contribution in [1.82, 2.24) is 0 Å². The van der Waals surface area contributed by atoms with Crippen molar-refractivity contribution in [1.29, 1.82) is 0 Å². The molecule has 1 amide bonds. The molecule has 1 aliphatic carbocycles. The van der Waals surface area contributed by atoms with Crippen molar-refractivity contribution < 1.29 is 9.63 Å². The third kappa shape index (κ3) is 9.97. The minimum absolute atomic E-state index is 0.459. The molecule has 0 bridgehead atoms. The fourth-order valence-electron chi connectivity index (χ4n) is 4.17. The number of hydrogen-bond donors (Lipinski definition) is 1. The highest BCUT2D eigenvalue weighted by Crippen LogP contribution is 2.27. The van der Waals surface area contributed by atoms with Crippen LogP contribution in [0.4, 0.5) is 10.5 Å². The molecular formula is C25H39ClN2O2. The van der Waals surface area contributed by atoms with E-state index in [1.54, 1.807) is 12.1 Å². The van der Waals surface area contributed by atoms with Crippen molar-refractivity contribution in [3.8, 4) is 0 Å². The fourth-order valence-corrected chi connectivity index (χ4v) is 4.36. The van der Waals surface area contributed by atoms with Crippen LogP contribution in [0.25, 0.3) is 0 Å². The lowest BCUT2D eigenvalue weighted by Crippen LogP contribution is -2.21. The SMILES string of the molecule is CCCCCCCCCCCC[C@@H]1CCCC/C1=N\OC(=O)Nc1ccccc1Cl. The molecule has 1 atom stereocenters. The molecule has 1 N–H and O–H groups in total. The molecule has 0 heterocycles. The molecule has 0 aromatic heterocycles. The number of benzene rings is 1. The number of amides is 1. The molecule has 1 saturated carbocycles. The van der Waals surface area contributed by atoms with E-state index in [1.807, 2.05) is 12.1 Å². The number of anilines is 1. The maximum Gasteiger partial charge on any atom is 0.437 e. The lowest BCUT2D eigenvalue weighted by molar-refractivity contribution is 0.164. The van der Waals surface area contributed by atoms with Crippen LogP contribution in [0, 0.1) is 5.92 Å². The Morgan fingerprint density at radius 1 is 1.03 bits per heavy atom. The average molecular weight is 435 g/mol. The van der Waals surface area contributed by atoms with Crippen LogP contribution in [0.2, 0.25) is 5.02 Å². The Balaban J connectivity index is 1.64. The second kappa shape index (κ2) is 15.3. The molecule has 2 rings (SSSR count). The van der Waals surface area contributed by atoms with Gasteiger partial charge in [-0.3, -0.25) is 10.2 Å². The molecule has 0 aliphatic heterocycles. The van der Waals surface area contributed by atoms with E-state index in [2.05, 4.69) is 17.4 Å². The zero-order valence-electron chi connectivity index (χ0n) is 18.6. The second-order valence-electron chi connectivity index (χ2n) is 8.48. The van der Waals surface area contributed by atoms with Gasteiger partial charge in [-0.1, -0.05) is 106 Å². The summed E-state index contributed by atoms with van der Waals surface area (Å²) in [6.07, 6.45) is 18.6. The highest BCUT2D eigenvalue weighted by atomic mass is 35.5. The highest BCUT2D eigenvalue weighted by molar-refractivity contribution is 6.33. The third-order valence-electron chi connectivity index (χ3n) is 5.97. The average Bonchev–Trinajstić information content (AvgIpc) is 2.76. The van der Waals surface area contributed by atoms with Crippen molar-refractivity contribution in [2.75, 3.05) is 5.32 Å². The summed E-state index contributed by atoms with van der Waals surface area (Å²) in [5.41, 5.74) is 1.58. The van der Waals surface area contributed by atoms with Gasteiger partial charge in [0.05, 0.1) is 16.4 Å². The van der Waals surface area contributed by atoms with Crippen LogP contribution in [0.15, 0.2) is 29.4 Å². The predicted molar refractivity (Wildman–Crippen MR) is 127 cm³/mol. The molecule has 0 saturated heterocycles. The molecule has 4 nitrogen and oxygen atoms in total. The Hall–Kier alpha value is -1.55. The summed E-state index contributed by atoms with van der Waals surface area (Å²) in [5.74, 6) is 0.459. The summed E-state index contributed by atoms with van der Waals surface area (Å²) in [6.45, 7) is 2.27. The van der Waals surface area contributed by atoms with Gasteiger partial charge < -0.3 is 0 Å². The van der Waals surface area contributed by atoms with E-state index >= 15 is 0 Å². The Morgan fingerprint density at radius 3 is 2.40 bits per heavy atom. The summed E-state index contributed by atoms with van der Waals surface area (Å²) in [4.78, 5) is 17.2. The normalized spacial score (nSPS) is 17.8. The van der Waals surface area contributed by atoms with E-state index in [1.165, 1.54) is 70.6 Å². The quantitative estimate of drug-likeness (QED) is 0.191. The van der Waals surface area contributed by atoms with Gasteiger partial charge in [-0.25, -0.2) is 4.79 Å². The van der Waals surface area contributed by atoms with Gasteiger partial charge in [-0.2, -0.15) is 0 Å². The van der Waals surface area contributed by atoms with Crippen molar-refractivity contribution in [2.24, 2.45) is 11.1 Å². The Kier molecular flexibility index (Phi) is 12.6. The predicted octanol–water partition coefficient (Wildman–Crippen LogP) is 8.75. The van der Waals surface area contributed by atoms with Crippen LogP contribution in [-0.4, -0.2) is 11.8 Å². The minimum atomic E-state index is -0.584. The maximum absolute atomic E-state index is 12.1. The smallest absolute Gasteiger partial charge is 0.298 e. The number of rotatable bonds is 13. The summed E-state index contributed by atoms with van der Waals surface area (Å²) >= 11 is 6.07. The van der Waals surface area contributed by atoms with Gasteiger partial charge in [0.2, 0.25) is 0 Å². The van der Waals surface area contributed by atoms with E-state index in [0.717, 1.165) is 31.4 Å². The topological polar surface area (TPSA) is 50.7 Å². The van der Waals surface area contributed by atoms with Crippen molar-refractivity contribution in [3.05, 3.63) is 29.3 Å². The zero-order valence-corrected chi connectivity index (χ0v) is 19.4. The number of halogens is 1. The van der Waals surface area contributed by atoms with Crippen LogP contribution >= 0.6 is 11.6 Å². The lowest BCUT2D eigenvalue weighted by Gasteiger charge is -2.23. The first kappa shape index (κ1) is 24.7. The van der Waals surface area contributed by atoms with Crippen LogP contribution in [-0.2, 0) is 4.84 Å². The molecule has 30 heavy (non-hydrogen) atoms. The maximum atomic E-state index is 12.1. The first-order valence-electron chi connectivity index (χ1n) is 12.0. The zero-order chi connectivity index (χ0) is 21.4. The van der Waals surface area contributed by atoms with Gasteiger partial charge in [0.15, 0.2) is 0 Å². The van der Waals surface area contributed by atoms with Gasteiger partial charge >= 0.3 is 6.09 Å². The summed E-state index contributed by atoms with van der Waals surface area (Å²) in [7, 11) is 0. The summed E-state index contributed by atoms with van der Waals surface area (Å²) in [6, 6.07) is 7.11. The Morgan fingerprint density at radius 2 is 1.70 bits per heavy atom. The first-order valence-corrected chi connectivity index (χ1v) is 12.4. The molecular weight excluding hydrogens is 396 g/mol. The monoisotopic (exact) mass is 434 g/mol. The molecule has 1 aromatic carbocycles. The Labute approximate surface area is 187 Å².